The lowest BCUT2D eigenvalue weighted by Gasteiger charge is -2.16. The molecule has 0 radical (unpaired) electrons. The molecular weight excluding hydrogens is 208 g/mol. The van der Waals surface area contributed by atoms with Crippen molar-refractivity contribution in [1.29, 1.82) is 0 Å². The van der Waals surface area contributed by atoms with Gasteiger partial charge in [0.15, 0.2) is 17.6 Å². The molecule has 1 aromatic rings. The largest absolute Gasteiger partial charge is 0.493 e. The molecule has 0 aliphatic heterocycles. The summed E-state index contributed by atoms with van der Waals surface area (Å²) < 4.78 is 10.5. The Kier molecular flexibility index (Phi) is 3.99. The molecule has 4 N–H and O–H groups in total. The second-order valence-electron chi connectivity index (χ2n) is 3.33. The molecule has 0 aliphatic rings. The van der Waals surface area contributed by atoms with Crippen LogP contribution in [-0.2, 0) is 4.79 Å². The van der Waals surface area contributed by atoms with Crippen LogP contribution in [0.2, 0.25) is 0 Å². The summed E-state index contributed by atoms with van der Waals surface area (Å²) in [6, 6.07) is 4.97. The van der Waals surface area contributed by atoms with Crippen LogP contribution >= 0.6 is 0 Å². The molecule has 1 amide bonds. The average molecular weight is 224 g/mol. The Balaban J connectivity index is 2.93. The van der Waals surface area contributed by atoms with Gasteiger partial charge in [-0.15, -0.1) is 0 Å². The number of hydrogen-bond acceptors (Lipinski definition) is 4. The van der Waals surface area contributed by atoms with Crippen molar-refractivity contribution in [3.63, 3.8) is 0 Å². The molecule has 0 aromatic heterocycles. The number of primary amides is 1. The molecule has 0 bridgehead atoms. The highest BCUT2D eigenvalue weighted by Gasteiger charge is 2.17. The van der Waals surface area contributed by atoms with Gasteiger partial charge in [0, 0.05) is 11.8 Å². The van der Waals surface area contributed by atoms with E-state index in [1.165, 1.54) is 7.11 Å². The maximum atomic E-state index is 11.0. The minimum absolute atomic E-state index is 0.424. The number of carbonyl (C=O) groups is 1. The van der Waals surface area contributed by atoms with E-state index in [0.717, 1.165) is 0 Å². The van der Waals surface area contributed by atoms with Gasteiger partial charge in [0.2, 0.25) is 0 Å². The number of benzene rings is 1. The number of carbonyl (C=O) groups excluding carboxylic acids is 1. The van der Waals surface area contributed by atoms with Gasteiger partial charge in [-0.1, -0.05) is 6.92 Å². The third-order valence-corrected chi connectivity index (χ3v) is 2.15. The molecule has 0 heterocycles. The summed E-state index contributed by atoms with van der Waals surface area (Å²) in [4.78, 5) is 11.0. The summed E-state index contributed by atoms with van der Waals surface area (Å²) in [6.07, 6.45) is -0.177. The molecule has 16 heavy (non-hydrogen) atoms. The van der Waals surface area contributed by atoms with Gasteiger partial charge in [0.05, 0.1) is 7.11 Å². The fraction of sp³-hybridized carbons (Fsp3) is 0.364. The zero-order valence-corrected chi connectivity index (χ0v) is 9.40. The number of hydrogen-bond donors (Lipinski definition) is 2. The molecule has 0 aliphatic carbocycles. The van der Waals surface area contributed by atoms with Gasteiger partial charge in [0.25, 0.3) is 5.91 Å². The maximum Gasteiger partial charge on any atom is 0.258 e. The van der Waals surface area contributed by atoms with Crippen LogP contribution < -0.4 is 20.9 Å². The molecule has 1 rings (SSSR count). The molecule has 5 nitrogen and oxygen atoms in total. The molecule has 0 spiro atoms. The number of ether oxygens (including phenoxy) is 2. The average Bonchev–Trinajstić information content (AvgIpc) is 2.25. The zero-order chi connectivity index (χ0) is 12.1. The quantitative estimate of drug-likeness (QED) is 0.728. The first kappa shape index (κ1) is 12.2. The smallest absolute Gasteiger partial charge is 0.258 e. The Hall–Kier alpha value is -1.91. The SMILES string of the molecule is CCC(Oc1cc(N)ccc1OC)C(N)=O. The van der Waals surface area contributed by atoms with Crippen LogP contribution in [0.15, 0.2) is 18.2 Å². The van der Waals surface area contributed by atoms with E-state index in [0.29, 0.717) is 23.6 Å². The highest BCUT2D eigenvalue weighted by atomic mass is 16.5. The lowest BCUT2D eigenvalue weighted by atomic mass is 10.2. The number of amides is 1. The van der Waals surface area contributed by atoms with E-state index in [-0.39, 0.29) is 0 Å². The summed E-state index contributed by atoms with van der Waals surface area (Å²) in [7, 11) is 1.52. The monoisotopic (exact) mass is 224 g/mol. The van der Waals surface area contributed by atoms with Crippen LogP contribution in [0.25, 0.3) is 0 Å². The summed E-state index contributed by atoms with van der Waals surface area (Å²) in [5, 5.41) is 0. The van der Waals surface area contributed by atoms with Crippen molar-refractivity contribution < 1.29 is 14.3 Å². The Bertz CT molecular complexity index is 379. The zero-order valence-electron chi connectivity index (χ0n) is 9.40. The second kappa shape index (κ2) is 5.25. The van der Waals surface area contributed by atoms with Crippen LogP contribution in [0.1, 0.15) is 13.3 Å². The minimum atomic E-state index is -0.671. The van der Waals surface area contributed by atoms with Gasteiger partial charge in [-0.05, 0) is 18.6 Å². The van der Waals surface area contributed by atoms with Gasteiger partial charge >= 0.3 is 0 Å². The lowest BCUT2D eigenvalue weighted by Crippen LogP contribution is -2.33. The molecular formula is C11H16N2O3. The van der Waals surface area contributed by atoms with Gasteiger partial charge in [-0.25, -0.2) is 0 Å². The van der Waals surface area contributed by atoms with Crippen molar-refractivity contribution in [2.24, 2.45) is 5.73 Å². The molecule has 1 aromatic carbocycles. The van der Waals surface area contributed by atoms with E-state index >= 15 is 0 Å². The second-order valence-corrected chi connectivity index (χ2v) is 3.33. The maximum absolute atomic E-state index is 11.0. The number of rotatable bonds is 5. The van der Waals surface area contributed by atoms with Crippen LogP contribution in [0, 0.1) is 0 Å². The van der Waals surface area contributed by atoms with Crippen molar-refractivity contribution in [1.82, 2.24) is 0 Å². The van der Waals surface area contributed by atoms with Crippen molar-refractivity contribution in [2.45, 2.75) is 19.4 Å². The lowest BCUT2D eigenvalue weighted by molar-refractivity contribution is -0.124. The Morgan fingerprint density at radius 2 is 2.12 bits per heavy atom. The number of nitrogens with two attached hydrogens (primary N) is 2. The predicted octanol–water partition coefficient (Wildman–Crippen LogP) is 0.920. The minimum Gasteiger partial charge on any atom is -0.493 e. The van der Waals surface area contributed by atoms with Crippen LogP contribution in [0.5, 0.6) is 11.5 Å². The first-order chi connectivity index (χ1) is 7.58. The van der Waals surface area contributed by atoms with E-state index in [2.05, 4.69) is 0 Å². The van der Waals surface area contributed by atoms with Crippen molar-refractivity contribution in [3.05, 3.63) is 18.2 Å². The molecule has 0 fully saturated rings. The summed E-state index contributed by atoms with van der Waals surface area (Å²) in [5.41, 5.74) is 11.3. The van der Waals surface area contributed by atoms with Crippen LogP contribution in [0.3, 0.4) is 0 Å². The fourth-order valence-corrected chi connectivity index (χ4v) is 1.28. The first-order valence-corrected chi connectivity index (χ1v) is 4.98. The predicted molar refractivity (Wildman–Crippen MR) is 61.3 cm³/mol. The highest BCUT2D eigenvalue weighted by molar-refractivity contribution is 5.79. The standard InChI is InChI=1S/C11H16N2O3/c1-3-8(11(13)14)16-10-6-7(12)4-5-9(10)15-2/h4-6,8H,3,12H2,1-2H3,(H2,13,14). The Labute approximate surface area is 94.3 Å². The fourth-order valence-electron chi connectivity index (χ4n) is 1.28. The van der Waals surface area contributed by atoms with Gasteiger partial charge in [-0.2, -0.15) is 0 Å². The molecule has 5 heteroatoms. The number of methoxy groups -OCH3 is 1. The topological polar surface area (TPSA) is 87.6 Å². The summed E-state index contributed by atoms with van der Waals surface area (Å²) in [5.74, 6) is 0.439. The third-order valence-electron chi connectivity index (χ3n) is 2.15. The van der Waals surface area contributed by atoms with Crippen LogP contribution in [-0.4, -0.2) is 19.1 Å². The van der Waals surface area contributed by atoms with Gasteiger partial charge in [-0.3, -0.25) is 4.79 Å². The van der Waals surface area contributed by atoms with E-state index in [4.69, 9.17) is 20.9 Å². The third kappa shape index (κ3) is 2.79. The Morgan fingerprint density at radius 1 is 1.44 bits per heavy atom. The summed E-state index contributed by atoms with van der Waals surface area (Å²) in [6.45, 7) is 1.81. The molecule has 88 valence electrons. The van der Waals surface area contributed by atoms with E-state index in [1.54, 1.807) is 18.2 Å². The van der Waals surface area contributed by atoms with Gasteiger partial charge in [0.1, 0.15) is 0 Å². The Morgan fingerprint density at radius 3 is 2.62 bits per heavy atom. The molecule has 1 atom stereocenters. The number of nitrogen functional groups attached to an aromatic ring is 1. The first-order valence-electron chi connectivity index (χ1n) is 4.98. The molecule has 0 saturated heterocycles. The van der Waals surface area contributed by atoms with Crippen molar-refractivity contribution in [3.8, 4) is 11.5 Å². The van der Waals surface area contributed by atoms with Crippen LogP contribution in [0.4, 0.5) is 5.69 Å². The van der Waals surface area contributed by atoms with E-state index < -0.39 is 12.0 Å². The van der Waals surface area contributed by atoms with Gasteiger partial charge < -0.3 is 20.9 Å². The summed E-state index contributed by atoms with van der Waals surface area (Å²) >= 11 is 0. The van der Waals surface area contributed by atoms with E-state index in [9.17, 15) is 4.79 Å². The van der Waals surface area contributed by atoms with Crippen molar-refractivity contribution >= 4 is 11.6 Å². The normalized spacial score (nSPS) is 11.9. The molecule has 0 saturated carbocycles. The number of anilines is 1. The molecule has 1 unspecified atom stereocenters. The van der Waals surface area contributed by atoms with E-state index in [1.807, 2.05) is 6.92 Å². The van der Waals surface area contributed by atoms with Crippen molar-refractivity contribution in [2.75, 3.05) is 12.8 Å². The highest BCUT2D eigenvalue weighted by Crippen LogP contribution is 2.30.